The van der Waals surface area contributed by atoms with Gasteiger partial charge in [0.25, 0.3) is 0 Å². The first-order valence-electron chi connectivity index (χ1n) is 6.17. The van der Waals surface area contributed by atoms with Crippen LogP contribution in [0.2, 0.25) is 0 Å². The molecule has 2 aromatic rings. The Morgan fingerprint density at radius 3 is 2.47 bits per heavy atom. The van der Waals surface area contributed by atoms with Gasteiger partial charge in [0.05, 0.1) is 0 Å². The van der Waals surface area contributed by atoms with Crippen molar-refractivity contribution in [2.24, 2.45) is 5.92 Å². The van der Waals surface area contributed by atoms with Crippen LogP contribution < -0.4 is 0 Å². The quantitative estimate of drug-likeness (QED) is 0.630. The Morgan fingerprint density at radius 1 is 0.882 bits per heavy atom. The number of hydrogen-bond donors (Lipinski definition) is 0. The van der Waals surface area contributed by atoms with Crippen molar-refractivity contribution in [2.45, 2.75) is 17.2 Å². The van der Waals surface area contributed by atoms with Gasteiger partial charge in [-0.2, -0.15) is 0 Å². The van der Waals surface area contributed by atoms with Crippen molar-refractivity contribution in [2.75, 3.05) is 0 Å². The SMILES string of the molecule is BrC1C2Cc3ccccc3-c3ccccc3C12. The van der Waals surface area contributed by atoms with Gasteiger partial charge < -0.3 is 0 Å². The second kappa shape index (κ2) is 3.46. The fourth-order valence-corrected chi connectivity index (χ4v) is 4.24. The Balaban J connectivity index is 2.01. The standard InChI is InChI=1S/C16H13Br/c17-16-14-9-10-5-1-2-6-11(10)12-7-3-4-8-13(12)15(14)16/h1-8,14-16H,9H2. The minimum atomic E-state index is 0.678. The lowest BCUT2D eigenvalue weighted by molar-refractivity contribution is 0.808. The lowest BCUT2D eigenvalue weighted by Gasteiger charge is -2.10. The average Bonchev–Trinajstić information content (AvgIpc) is 3.03. The summed E-state index contributed by atoms with van der Waals surface area (Å²) in [6.45, 7) is 0. The number of fused-ring (bicyclic) bond motifs is 5. The summed E-state index contributed by atoms with van der Waals surface area (Å²) in [5, 5.41) is 0. The van der Waals surface area contributed by atoms with Crippen LogP contribution in [0.15, 0.2) is 48.5 Å². The molecule has 3 atom stereocenters. The summed E-state index contributed by atoms with van der Waals surface area (Å²) in [6, 6.07) is 17.8. The molecule has 17 heavy (non-hydrogen) atoms. The van der Waals surface area contributed by atoms with Crippen molar-refractivity contribution in [1.82, 2.24) is 0 Å². The predicted molar refractivity (Wildman–Crippen MR) is 74.5 cm³/mol. The van der Waals surface area contributed by atoms with E-state index in [-0.39, 0.29) is 0 Å². The van der Waals surface area contributed by atoms with Gasteiger partial charge in [-0.3, -0.25) is 0 Å². The van der Waals surface area contributed by atoms with Crippen LogP contribution in [-0.2, 0) is 6.42 Å². The normalized spacial score (nSPS) is 28.6. The molecule has 2 aliphatic carbocycles. The topological polar surface area (TPSA) is 0 Å². The van der Waals surface area contributed by atoms with Gasteiger partial charge >= 0.3 is 0 Å². The summed E-state index contributed by atoms with van der Waals surface area (Å²) in [5.74, 6) is 1.51. The molecule has 1 fully saturated rings. The van der Waals surface area contributed by atoms with Gasteiger partial charge in [0.15, 0.2) is 0 Å². The van der Waals surface area contributed by atoms with Gasteiger partial charge in [0.2, 0.25) is 0 Å². The van der Waals surface area contributed by atoms with Crippen LogP contribution >= 0.6 is 15.9 Å². The van der Waals surface area contributed by atoms with Crippen molar-refractivity contribution < 1.29 is 0 Å². The van der Waals surface area contributed by atoms with Crippen LogP contribution in [0.4, 0.5) is 0 Å². The van der Waals surface area contributed by atoms with Crippen LogP contribution in [0, 0.1) is 5.92 Å². The monoisotopic (exact) mass is 284 g/mol. The fourth-order valence-electron chi connectivity index (χ4n) is 3.22. The van der Waals surface area contributed by atoms with Gasteiger partial charge in [0.1, 0.15) is 0 Å². The van der Waals surface area contributed by atoms with Crippen LogP contribution in [0.25, 0.3) is 11.1 Å². The molecule has 0 N–H and O–H groups in total. The summed E-state index contributed by atoms with van der Waals surface area (Å²) in [5.41, 5.74) is 5.92. The van der Waals surface area contributed by atoms with Gasteiger partial charge in [-0.05, 0) is 34.6 Å². The maximum Gasteiger partial charge on any atom is 0.0255 e. The van der Waals surface area contributed by atoms with E-state index < -0.39 is 0 Å². The lowest BCUT2D eigenvalue weighted by Crippen LogP contribution is -1.92. The molecule has 0 saturated heterocycles. The van der Waals surface area contributed by atoms with Crippen LogP contribution in [0.5, 0.6) is 0 Å². The Hall–Kier alpha value is -1.08. The molecule has 4 rings (SSSR count). The average molecular weight is 285 g/mol. The summed E-state index contributed by atoms with van der Waals surface area (Å²) in [6.07, 6.45) is 1.21. The van der Waals surface area contributed by atoms with E-state index >= 15 is 0 Å². The van der Waals surface area contributed by atoms with E-state index in [1.165, 1.54) is 28.7 Å². The second-order valence-electron chi connectivity index (χ2n) is 5.08. The van der Waals surface area contributed by atoms with Gasteiger partial charge in [-0.15, -0.1) is 0 Å². The second-order valence-corrected chi connectivity index (χ2v) is 6.14. The molecule has 0 aromatic heterocycles. The Morgan fingerprint density at radius 2 is 1.59 bits per heavy atom. The molecule has 3 unspecified atom stereocenters. The summed E-state index contributed by atoms with van der Waals surface area (Å²) in [7, 11) is 0. The van der Waals surface area contributed by atoms with Gasteiger partial charge in [-0.25, -0.2) is 0 Å². The van der Waals surface area contributed by atoms with E-state index in [4.69, 9.17) is 0 Å². The Bertz CT molecular complexity index is 588. The molecule has 2 aliphatic rings. The first-order chi connectivity index (χ1) is 8.36. The number of rotatable bonds is 0. The molecule has 0 heterocycles. The highest BCUT2D eigenvalue weighted by molar-refractivity contribution is 9.09. The summed E-state index contributed by atoms with van der Waals surface area (Å²) in [4.78, 5) is 0.678. The van der Waals surface area contributed by atoms with E-state index in [2.05, 4.69) is 64.5 Å². The largest absolute Gasteiger partial charge is 0.0881 e. The molecule has 84 valence electrons. The van der Waals surface area contributed by atoms with Crippen molar-refractivity contribution in [1.29, 1.82) is 0 Å². The van der Waals surface area contributed by atoms with Crippen LogP contribution in [-0.4, -0.2) is 4.83 Å². The molecule has 1 saturated carbocycles. The third-order valence-electron chi connectivity index (χ3n) is 4.16. The lowest BCUT2D eigenvalue weighted by atomic mass is 9.95. The molecule has 1 heteroatoms. The van der Waals surface area contributed by atoms with Crippen molar-refractivity contribution in [3.8, 4) is 11.1 Å². The summed E-state index contributed by atoms with van der Waals surface area (Å²) < 4.78 is 0. The Kier molecular flexibility index (Phi) is 2.01. The number of alkyl halides is 1. The molecular weight excluding hydrogens is 272 g/mol. The first kappa shape index (κ1) is 9.90. The highest BCUT2D eigenvalue weighted by Gasteiger charge is 2.51. The van der Waals surface area contributed by atoms with E-state index in [1.54, 1.807) is 0 Å². The molecule has 0 spiro atoms. The van der Waals surface area contributed by atoms with E-state index in [0.29, 0.717) is 4.83 Å². The minimum Gasteiger partial charge on any atom is -0.0881 e. The van der Waals surface area contributed by atoms with Crippen LogP contribution in [0.3, 0.4) is 0 Å². The predicted octanol–water partition coefficient (Wildman–Crippen LogP) is 4.39. The van der Waals surface area contributed by atoms with E-state index in [1.807, 2.05) is 0 Å². The van der Waals surface area contributed by atoms with Crippen molar-refractivity contribution in [3.63, 3.8) is 0 Å². The fraction of sp³-hybridized carbons (Fsp3) is 0.250. The highest BCUT2D eigenvalue weighted by atomic mass is 79.9. The smallest absolute Gasteiger partial charge is 0.0255 e. The zero-order valence-corrected chi connectivity index (χ0v) is 11.0. The van der Waals surface area contributed by atoms with Crippen molar-refractivity contribution in [3.05, 3.63) is 59.7 Å². The van der Waals surface area contributed by atoms with Crippen molar-refractivity contribution >= 4 is 15.9 Å². The molecule has 0 radical (unpaired) electrons. The van der Waals surface area contributed by atoms with E-state index in [9.17, 15) is 0 Å². The molecule has 0 aliphatic heterocycles. The molecule has 0 amide bonds. The molecule has 0 nitrogen and oxygen atoms in total. The number of halogens is 1. The van der Waals surface area contributed by atoms with Gasteiger partial charge in [-0.1, -0.05) is 64.5 Å². The summed E-state index contributed by atoms with van der Waals surface area (Å²) >= 11 is 3.83. The number of hydrogen-bond acceptors (Lipinski definition) is 0. The van der Waals surface area contributed by atoms with E-state index in [0.717, 1.165) is 11.8 Å². The molecule has 0 bridgehead atoms. The third-order valence-corrected chi connectivity index (χ3v) is 5.40. The molecular formula is C16H13Br. The minimum absolute atomic E-state index is 0.678. The van der Waals surface area contributed by atoms with Gasteiger partial charge in [0, 0.05) is 10.7 Å². The molecule has 2 aromatic carbocycles. The van der Waals surface area contributed by atoms with Crippen LogP contribution in [0.1, 0.15) is 17.0 Å². The Labute approximate surface area is 110 Å². The maximum absolute atomic E-state index is 3.83. The maximum atomic E-state index is 3.83. The third kappa shape index (κ3) is 1.35. The first-order valence-corrected chi connectivity index (χ1v) is 7.09. The zero-order valence-electron chi connectivity index (χ0n) is 9.44. The highest BCUT2D eigenvalue weighted by Crippen LogP contribution is 2.58. The number of benzene rings is 2. The zero-order chi connectivity index (χ0) is 11.4.